The van der Waals surface area contributed by atoms with E-state index in [2.05, 4.69) is 43.4 Å². The molecule has 1 fully saturated rings. The van der Waals surface area contributed by atoms with E-state index in [-0.39, 0.29) is 12.1 Å². The van der Waals surface area contributed by atoms with Crippen LogP contribution in [0.1, 0.15) is 25.3 Å². The van der Waals surface area contributed by atoms with E-state index in [0.29, 0.717) is 0 Å². The Morgan fingerprint density at radius 1 is 1.33 bits per heavy atom. The first-order valence-corrected chi connectivity index (χ1v) is 5.59. The van der Waals surface area contributed by atoms with Crippen LogP contribution in [0.25, 0.3) is 0 Å². The number of aliphatic hydroxyl groups excluding tert-OH is 1. The van der Waals surface area contributed by atoms with Gasteiger partial charge in [-0.15, -0.1) is 0 Å². The lowest BCUT2D eigenvalue weighted by Crippen LogP contribution is -2.52. The number of anilines is 1. The molecule has 2 nitrogen and oxygen atoms in total. The van der Waals surface area contributed by atoms with Gasteiger partial charge >= 0.3 is 0 Å². The minimum Gasteiger partial charge on any atom is -0.394 e. The van der Waals surface area contributed by atoms with Gasteiger partial charge in [0.2, 0.25) is 0 Å². The summed E-state index contributed by atoms with van der Waals surface area (Å²) in [5.74, 6) is 0.732. The fourth-order valence-electron chi connectivity index (χ4n) is 2.49. The number of aliphatic hydroxyl groups is 1. The molecule has 15 heavy (non-hydrogen) atoms. The van der Waals surface area contributed by atoms with Crippen LogP contribution in [0, 0.1) is 12.8 Å². The highest BCUT2D eigenvalue weighted by Gasteiger charge is 2.41. The first-order valence-electron chi connectivity index (χ1n) is 5.59. The summed E-state index contributed by atoms with van der Waals surface area (Å²) in [6.07, 6.45) is 2.13. The van der Waals surface area contributed by atoms with Crippen LogP contribution in [0.4, 0.5) is 5.69 Å². The molecule has 1 aliphatic rings. The van der Waals surface area contributed by atoms with Gasteiger partial charge in [-0.2, -0.15) is 0 Å². The maximum Gasteiger partial charge on any atom is 0.0661 e. The third-order valence-corrected chi connectivity index (χ3v) is 3.24. The predicted octanol–water partition coefficient (Wildman–Crippen LogP) is 2.57. The van der Waals surface area contributed by atoms with Crippen molar-refractivity contribution in [2.24, 2.45) is 5.92 Å². The number of rotatable bonds is 3. The number of hydrogen-bond donors (Lipinski definition) is 2. The van der Waals surface area contributed by atoms with Crippen molar-refractivity contribution < 1.29 is 5.11 Å². The number of aryl methyl sites for hydroxylation is 1. The zero-order chi connectivity index (χ0) is 10.9. The zero-order valence-corrected chi connectivity index (χ0v) is 9.46. The maximum atomic E-state index is 9.41. The van der Waals surface area contributed by atoms with Crippen molar-refractivity contribution in [3.05, 3.63) is 29.8 Å². The lowest BCUT2D eigenvalue weighted by molar-refractivity contribution is 0.0992. The maximum absolute atomic E-state index is 9.41. The summed E-state index contributed by atoms with van der Waals surface area (Å²) >= 11 is 0. The summed E-state index contributed by atoms with van der Waals surface area (Å²) in [7, 11) is 0. The molecule has 0 heterocycles. The fraction of sp³-hybridized carbons (Fsp3) is 0.538. The Kier molecular flexibility index (Phi) is 2.70. The van der Waals surface area contributed by atoms with Gasteiger partial charge in [-0.3, -0.25) is 0 Å². The molecular formula is C13H19NO. The van der Waals surface area contributed by atoms with Gasteiger partial charge in [0.05, 0.1) is 12.1 Å². The van der Waals surface area contributed by atoms with Gasteiger partial charge in [0, 0.05) is 5.69 Å². The number of nitrogens with one attached hydrogen (secondary N) is 1. The van der Waals surface area contributed by atoms with E-state index in [9.17, 15) is 5.11 Å². The molecular weight excluding hydrogens is 186 g/mol. The molecule has 2 rings (SSSR count). The average Bonchev–Trinajstić information content (AvgIpc) is 2.18. The van der Waals surface area contributed by atoms with Crippen LogP contribution in [0.15, 0.2) is 24.3 Å². The lowest BCUT2D eigenvalue weighted by Gasteiger charge is -2.46. The molecule has 0 saturated heterocycles. The highest BCUT2D eigenvalue weighted by atomic mass is 16.3. The van der Waals surface area contributed by atoms with Crippen molar-refractivity contribution in [3.8, 4) is 0 Å². The number of hydrogen-bond acceptors (Lipinski definition) is 2. The summed E-state index contributed by atoms with van der Waals surface area (Å²) in [4.78, 5) is 0. The third kappa shape index (κ3) is 2.15. The van der Waals surface area contributed by atoms with Gasteiger partial charge in [-0.05, 0) is 37.8 Å². The number of benzene rings is 1. The third-order valence-electron chi connectivity index (χ3n) is 3.24. The van der Waals surface area contributed by atoms with Gasteiger partial charge in [0.1, 0.15) is 0 Å². The molecule has 0 unspecified atom stereocenters. The van der Waals surface area contributed by atoms with Crippen molar-refractivity contribution in [2.45, 2.75) is 32.2 Å². The normalized spacial score (nSPS) is 29.7. The lowest BCUT2D eigenvalue weighted by atomic mass is 9.69. The van der Waals surface area contributed by atoms with E-state index in [1.165, 1.54) is 5.56 Å². The Morgan fingerprint density at radius 3 is 2.40 bits per heavy atom. The molecule has 0 amide bonds. The van der Waals surface area contributed by atoms with Gasteiger partial charge in [0.25, 0.3) is 0 Å². The van der Waals surface area contributed by atoms with Crippen LogP contribution in [-0.2, 0) is 0 Å². The Hall–Kier alpha value is -1.02. The van der Waals surface area contributed by atoms with E-state index in [1.54, 1.807) is 0 Å². The monoisotopic (exact) mass is 205 g/mol. The summed E-state index contributed by atoms with van der Waals surface area (Å²) in [6.45, 7) is 4.53. The molecule has 0 bridgehead atoms. The first-order chi connectivity index (χ1) is 7.13. The Morgan fingerprint density at radius 2 is 1.93 bits per heavy atom. The Labute approximate surface area is 91.3 Å². The van der Waals surface area contributed by atoms with Crippen LogP contribution in [0.5, 0.6) is 0 Å². The van der Waals surface area contributed by atoms with Crippen molar-refractivity contribution in [1.82, 2.24) is 0 Å². The minimum absolute atomic E-state index is 0.0608. The average molecular weight is 205 g/mol. The predicted molar refractivity (Wildman–Crippen MR) is 63.0 cm³/mol. The highest BCUT2D eigenvalue weighted by molar-refractivity contribution is 5.47. The Balaban J connectivity index is 2.04. The van der Waals surface area contributed by atoms with Crippen LogP contribution < -0.4 is 5.32 Å². The zero-order valence-electron chi connectivity index (χ0n) is 9.46. The molecule has 1 saturated carbocycles. The first kappa shape index (κ1) is 10.5. The van der Waals surface area contributed by atoms with E-state index in [0.717, 1.165) is 24.4 Å². The second-order valence-corrected chi connectivity index (χ2v) is 4.94. The summed E-state index contributed by atoms with van der Waals surface area (Å²) in [5, 5.41) is 12.9. The van der Waals surface area contributed by atoms with Crippen molar-refractivity contribution in [2.75, 3.05) is 11.9 Å². The van der Waals surface area contributed by atoms with Crippen LogP contribution in [0.2, 0.25) is 0 Å². The Bertz CT molecular complexity index is 325. The molecule has 1 aromatic rings. The fourth-order valence-corrected chi connectivity index (χ4v) is 2.49. The van der Waals surface area contributed by atoms with Crippen LogP contribution in [0.3, 0.4) is 0 Å². The molecule has 0 radical (unpaired) electrons. The van der Waals surface area contributed by atoms with Crippen molar-refractivity contribution in [3.63, 3.8) is 0 Å². The van der Waals surface area contributed by atoms with E-state index < -0.39 is 0 Å². The largest absolute Gasteiger partial charge is 0.394 e. The minimum atomic E-state index is -0.0608. The molecule has 0 aromatic heterocycles. The van der Waals surface area contributed by atoms with E-state index in [1.807, 2.05) is 0 Å². The molecule has 82 valence electrons. The highest BCUT2D eigenvalue weighted by Crippen LogP contribution is 2.39. The van der Waals surface area contributed by atoms with E-state index >= 15 is 0 Å². The van der Waals surface area contributed by atoms with Crippen molar-refractivity contribution in [1.29, 1.82) is 0 Å². The molecule has 1 aliphatic carbocycles. The molecule has 0 spiro atoms. The van der Waals surface area contributed by atoms with Crippen LogP contribution in [-0.4, -0.2) is 17.3 Å². The van der Waals surface area contributed by atoms with Gasteiger partial charge in [-0.1, -0.05) is 24.6 Å². The molecule has 1 aromatic carbocycles. The molecule has 0 atom stereocenters. The topological polar surface area (TPSA) is 32.3 Å². The quantitative estimate of drug-likeness (QED) is 0.795. The molecule has 2 heteroatoms. The SMILES string of the molecule is Cc1ccc(NC2(CO)CC(C)C2)cc1. The van der Waals surface area contributed by atoms with Gasteiger partial charge in [0.15, 0.2) is 0 Å². The summed E-state index contributed by atoms with van der Waals surface area (Å²) in [6, 6.07) is 8.34. The van der Waals surface area contributed by atoms with Gasteiger partial charge in [-0.25, -0.2) is 0 Å². The smallest absolute Gasteiger partial charge is 0.0661 e. The second-order valence-electron chi connectivity index (χ2n) is 4.94. The van der Waals surface area contributed by atoms with E-state index in [4.69, 9.17) is 0 Å². The standard InChI is InChI=1S/C13H19NO/c1-10-3-5-12(6-4-10)14-13(9-15)7-11(2)8-13/h3-6,11,14-15H,7-9H2,1-2H3. The summed E-state index contributed by atoms with van der Waals surface area (Å²) < 4.78 is 0. The summed E-state index contributed by atoms with van der Waals surface area (Å²) in [5.41, 5.74) is 2.32. The molecule has 2 N–H and O–H groups in total. The van der Waals surface area contributed by atoms with Crippen LogP contribution >= 0.6 is 0 Å². The molecule has 0 aliphatic heterocycles. The van der Waals surface area contributed by atoms with Gasteiger partial charge < -0.3 is 10.4 Å². The second kappa shape index (κ2) is 3.86. The van der Waals surface area contributed by atoms with Crippen molar-refractivity contribution >= 4 is 5.69 Å².